The van der Waals surface area contributed by atoms with E-state index < -0.39 is 0 Å². The van der Waals surface area contributed by atoms with Crippen LogP contribution in [0.2, 0.25) is 0 Å². The molecule has 0 spiro atoms. The number of hydrogen-bond donors (Lipinski definition) is 3. The quantitative estimate of drug-likeness (QED) is 0.681. The van der Waals surface area contributed by atoms with E-state index in [-0.39, 0.29) is 5.91 Å². The topological polar surface area (TPSA) is 88.2 Å². The average molecular weight is 315 g/mol. The van der Waals surface area contributed by atoms with Gasteiger partial charge < -0.3 is 20.7 Å². The van der Waals surface area contributed by atoms with E-state index >= 15 is 0 Å². The zero-order valence-corrected chi connectivity index (χ0v) is 13.5. The maximum atomic E-state index is 11.1. The van der Waals surface area contributed by atoms with Crippen molar-refractivity contribution < 1.29 is 9.53 Å². The molecule has 7 heteroatoms. The van der Waals surface area contributed by atoms with Gasteiger partial charge in [-0.05, 0) is 25.1 Å². The standard InChI is InChI=1S/C16H21N5O2/c1-11-9-15(21-16(18-11)17-7-8-23-3)20-14-6-4-5-13(10-14)19-12(2)22/h4-6,9-10H,7-8H2,1-3H3,(H,19,22)(H2,17,18,20,21). The number of methoxy groups -OCH3 is 1. The number of ether oxygens (including phenoxy) is 1. The summed E-state index contributed by atoms with van der Waals surface area (Å²) in [6.45, 7) is 4.60. The van der Waals surface area contributed by atoms with Crippen LogP contribution in [0.15, 0.2) is 30.3 Å². The van der Waals surface area contributed by atoms with Crippen LogP contribution in [0.5, 0.6) is 0 Å². The molecule has 1 aromatic heterocycles. The number of amides is 1. The smallest absolute Gasteiger partial charge is 0.224 e. The van der Waals surface area contributed by atoms with Gasteiger partial charge in [0.25, 0.3) is 0 Å². The molecule has 0 unspecified atom stereocenters. The molecule has 0 saturated carbocycles. The zero-order valence-electron chi connectivity index (χ0n) is 13.5. The second kappa shape index (κ2) is 8.09. The van der Waals surface area contributed by atoms with Crippen molar-refractivity contribution in [3.8, 4) is 0 Å². The third kappa shape index (κ3) is 5.55. The van der Waals surface area contributed by atoms with E-state index in [1.807, 2.05) is 37.3 Å². The van der Waals surface area contributed by atoms with Gasteiger partial charge in [-0.3, -0.25) is 4.79 Å². The van der Waals surface area contributed by atoms with Crippen LogP contribution in [0, 0.1) is 6.92 Å². The van der Waals surface area contributed by atoms with Gasteiger partial charge in [0.2, 0.25) is 11.9 Å². The van der Waals surface area contributed by atoms with Crippen LogP contribution < -0.4 is 16.0 Å². The molecule has 0 aliphatic carbocycles. The van der Waals surface area contributed by atoms with E-state index in [2.05, 4.69) is 25.9 Å². The Morgan fingerprint density at radius 2 is 2.00 bits per heavy atom. The van der Waals surface area contributed by atoms with Crippen LogP contribution >= 0.6 is 0 Å². The van der Waals surface area contributed by atoms with E-state index in [9.17, 15) is 4.79 Å². The summed E-state index contributed by atoms with van der Waals surface area (Å²) in [5.74, 6) is 1.12. The largest absolute Gasteiger partial charge is 0.383 e. The Morgan fingerprint density at radius 1 is 1.22 bits per heavy atom. The predicted molar refractivity (Wildman–Crippen MR) is 91.2 cm³/mol. The number of benzene rings is 1. The number of nitrogens with one attached hydrogen (secondary N) is 3. The third-order valence-electron chi connectivity index (χ3n) is 2.90. The molecule has 0 atom stereocenters. The maximum absolute atomic E-state index is 11.1. The van der Waals surface area contributed by atoms with Gasteiger partial charge in [0, 0.05) is 43.7 Å². The molecule has 0 aliphatic rings. The van der Waals surface area contributed by atoms with E-state index in [1.165, 1.54) is 6.92 Å². The van der Waals surface area contributed by atoms with E-state index in [0.717, 1.165) is 17.1 Å². The SMILES string of the molecule is COCCNc1nc(C)cc(Nc2cccc(NC(C)=O)c2)n1. The summed E-state index contributed by atoms with van der Waals surface area (Å²) in [7, 11) is 1.65. The van der Waals surface area contributed by atoms with Gasteiger partial charge in [-0.25, -0.2) is 4.98 Å². The van der Waals surface area contributed by atoms with Crippen molar-refractivity contribution >= 4 is 29.0 Å². The van der Waals surface area contributed by atoms with Gasteiger partial charge in [0.05, 0.1) is 6.61 Å². The summed E-state index contributed by atoms with van der Waals surface area (Å²) in [5, 5.41) is 9.07. The summed E-state index contributed by atoms with van der Waals surface area (Å²) in [6.07, 6.45) is 0. The van der Waals surface area contributed by atoms with Gasteiger partial charge in [-0.1, -0.05) is 6.07 Å². The Labute approximate surface area is 135 Å². The van der Waals surface area contributed by atoms with Crippen molar-refractivity contribution in [3.05, 3.63) is 36.0 Å². The van der Waals surface area contributed by atoms with Crippen LogP contribution in [0.1, 0.15) is 12.6 Å². The lowest BCUT2D eigenvalue weighted by Gasteiger charge is -2.11. The van der Waals surface area contributed by atoms with Crippen molar-refractivity contribution in [2.24, 2.45) is 0 Å². The summed E-state index contributed by atoms with van der Waals surface area (Å²) in [5.41, 5.74) is 2.41. The van der Waals surface area contributed by atoms with Crippen LogP contribution in [0.4, 0.5) is 23.1 Å². The molecule has 1 heterocycles. The fraction of sp³-hybridized carbons (Fsp3) is 0.312. The lowest BCUT2D eigenvalue weighted by atomic mass is 10.2. The zero-order chi connectivity index (χ0) is 16.7. The minimum absolute atomic E-state index is 0.107. The molecule has 23 heavy (non-hydrogen) atoms. The average Bonchev–Trinajstić information content (AvgIpc) is 2.46. The molecule has 2 rings (SSSR count). The number of aryl methyl sites for hydroxylation is 1. The highest BCUT2D eigenvalue weighted by Crippen LogP contribution is 2.20. The normalized spacial score (nSPS) is 10.2. The van der Waals surface area contributed by atoms with Gasteiger partial charge >= 0.3 is 0 Å². The first kappa shape index (κ1) is 16.7. The second-order valence-corrected chi connectivity index (χ2v) is 5.02. The van der Waals surface area contributed by atoms with Crippen molar-refractivity contribution in [1.29, 1.82) is 0 Å². The predicted octanol–water partition coefficient (Wildman–Crippen LogP) is 2.55. The molecule has 1 aromatic carbocycles. The first-order chi connectivity index (χ1) is 11.1. The van der Waals surface area contributed by atoms with Gasteiger partial charge in [0.1, 0.15) is 5.82 Å². The molecular weight excluding hydrogens is 294 g/mol. The Kier molecular flexibility index (Phi) is 5.87. The van der Waals surface area contributed by atoms with Crippen LogP contribution in [0.25, 0.3) is 0 Å². The summed E-state index contributed by atoms with van der Waals surface area (Å²) >= 11 is 0. The molecule has 0 fully saturated rings. The number of carbonyl (C=O) groups is 1. The van der Waals surface area contributed by atoms with Crippen molar-refractivity contribution in [1.82, 2.24) is 9.97 Å². The Balaban J connectivity index is 2.11. The lowest BCUT2D eigenvalue weighted by Crippen LogP contribution is -2.11. The second-order valence-electron chi connectivity index (χ2n) is 5.02. The number of carbonyl (C=O) groups excluding carboxylic acids is 1. The Hall–Kier alpha value is -2.67. The van der Waals surface area contributed by atoms with Gasteiger partial charge in [-0.15, -0.1) is 0 Å². The van der Waals surface area contributed by atoms with Gasteiger partial charge in [-0.2, -0.15) is 4.98 Å². The van der Waals surface area contributed by atoms with E-state index in [4.69, 9.17) is 4.74 Å². The highest BCUT2D eigenvalue weighted by molar-refractivity contribution is 5.89. The molecule has 0 radical (unpaired) electrons. The third-order valence-corrected chi connectivity index (χ3v) is 2.90. The number of rotatable bonds is 7. The van der Waals surface area contributed by atoms with E-state index in [0.29, 0.717) is 24.9 Å². The molecule has 0 saturated heterocycles. The Morgan fingerprint density at radius 3 is 2.74 bits per heavy atom. The molecule has 3 N–H and O–H groups in total. The number of nitrogens with zero attached hydrogens (tertiary/aromatic N) is 2. The monoisotopic (exact) mass is 315 g/mol. The van der Waals surface area contributed by atoms with Crippen LogP contribution in [-0.4, -0.2) is 36.1 Å². The van der Waals surface area contributed by atoms with E-state index in [1.54, 1.807) is 7.11 Å². The van der Waals surface area contributed by atoms with Crippen LogP contribution in [-0.2, 0) is 9.53 Å². The van der Waals surface area contributed by atoms with Crippen molar-refractivity contribution in [2.75, 3.05) is 36.2 Å². The van der Waals surface area contributed by atoms with Gasteiger partial charge in [0.15, 0.2) is 0 Å². The summed E-state index contributed by atoms with van der Waals surface area (Å²) < 4.78 is 5.00. The highest BCUT2D eigenvalue weighted by atomic mass is 16.5. The number of anilines is 4. The summed E-state index contributed by atoms with van der Waals surface area (Å²) in [6, 6.07) is 9.29. The molecular formula is C16H21N5O2. The summed E-state index contributed by atoms with van der Waals surface area (Å²) in [4.78, 5) is 19.9. The molecule has 122 valence electrons. The number of aromatic nitrogens is 2. The van der Waals surface area contributed by atoms with Crippen LogP contribution in [0.3, 0.4) is 0 Å². The molecule has 0 aliphatic heterocycles. The highest BCUT2D eigenvalue weighted by Gasteiger charge is 2.04. The lowest BCUT2D eigenvalue weighted by molar-refractivity contribution is -0.114. The first-order valence-corrected chi connectivity index (χ1v) is 7.30. The molecule has 2 aromatic rings. The fourth-order valence-electron chi connectivity index (χ4n) is 2.00. The van der Waals surface area contributed by atoms with Crippen molar-refractivity contribution in [2.45, 2.75) is 13.8 Å². The maximum Gasteiger partial charge on any atom is 0.224 e. The fourth-order valence-corrected chi connectivity index (χ4v) is 2.00. The Bertz CT molecular complexity index is 675. The molecule has 0 bridgehead atoms. The molecule has 7 nitrogen and oxygen atoms in total. The minimum atomic E-state index is -0.107. The molecule has 1 amide bonds. The minimum Gasteiger partial charge on any atom is -0.383 e. The van der Waals surface area contributed by atoms with Crippen molar-refractivity contribution in [3.63, 3.8) is 0 Å². The number of hydrogen-bond acceptors (Lipinski definition) is 6. The first-order valence-electron chi connectivity index (χ1n) is 7.30.